The lowest BCUT2D eigenvalue weighted by molar-refractivity contribution is -0.123. The summed E-state index contributed by atoms with van der Waals surface area (Å²) in [5, 5.41) is 6.70. The van der Waals surface area contributed by atoms with Crippen LogP contribution in [-0.4, -0.2) is 17.1 Å². The molecule has 0 aliphatic carbocycles. The monoisotopic (exact) mass is 225 g/mol. The van der Waals surface area contributed by atoms with Gasteiger partial charge in [-0.25, -0.2) is 0 Å². The van der Waals surface area contributed by atoms with Crippen molar-refractivity contribution < 1.29 is 9.32 Å². The molecule has 0 saturated heterocycles. The minimum atomic E-state index is -0.456. The highest BCUT2D eigenvalue weighted by molar-refractivity contribution is 5.81. The van der Waals surface area contributed by atoms with E-state index in [0.717, 1.165) is 17.0 Å². The molecule has 1 heterocycles. The molecule has 1 rings (SSSR count). The quantitative estimate of drug-likeness (QED) is 0.807. The number of hydrogen-bond acceptors (Lipinski definition) is 4. The van der Waals surface area contributed by atoms with Crippen molar-refractivity contribution in [2.45, 2.75) is 46.2 Å². The van der Waals surface area contributed by atoms with Gasteiger partial charge in [-0.2, -0.15) is 0 Å². The number of nitrogens with zero attached hydrogens (tertiary/aromatic N) is 1. The highest BCUT2D eigenvalue weighted by Crippen LogP contribution is 2.20. The van der Waals surface area contributed by atoms with Gasteiger partial charge in [-0.05, 0) is 27.2 Å². The van der Waals surface area contributed by atoms with E-state index < -0.39 is 6.04 Å². The van der Waals surface area contributed by atoms with Crippen LogP contribution < -0.4 is 11.1 Å². The molecule has 0 saturated carbocycles. The maximum Gasteiger partial charge on any atom is 0.237 e. The SMILES string of the molecule is CC[C@@H](N)C(=O)NC(C)c1c(C)noc1C. The molecule has 5 nitrogen and oxygen atoms in total. The van der Waals surface area contributed by atoms with Crippen LogP contribution in [0.5, 0.6) is 0 Å². The van der Waals surface area contributed by atoms with E-state index in [1.165, 1.54) is 0 Å². The van der Waals surface area contributed by atoms with Gasteiger partial charge in [0, 0.05) is 5.56 Å². The summed E-state index contributed by atoms with van der Waals surface area (Å²) in [4.78, 5) is 11.6. The summed E-state index contributed by atoms with van der Waals surface area (Å²) in [5.74, 6) is 0.588. The van der Waals surface area contributed by atoms with Crippen LogP contribution in [-0.2, 0) is 4.79 Å². The molecular weight excluding hydrogens is 206 g/mol. The van der Waals surface area contributed by atoms with Gasteiger partial charge in [0.25, 0.3) is 0 Å². The number of nitrogens with two attached hydrogens (primary N) is 1. The molecule has 2 atom stereocenters. The van der Waals surface area contributed by atoms with Crippen LogP contribution in [0.4, 0.5) is 0 Å². The van der Waals surface area contributed by atoms with E-state index in [9.17, 15) is 4.79 Å². The van der Waals surface area contributed by atoms with Crippen molar-refractivity contribution >= 4 is 5.91 Å². The first-order valence-electron chi connectivity index (χ1n) is 5.46. The molecule has 0 radical (unpaired) electrons. The summed E-state index contributed by atoms with van der Waals surface area (Å²) in [5.41, 5.74) is 7.37. The molecule has 5 heteroatoms. The fourth-order valence-electron chi connectivity index (χ4n) is 1.69. The summed E-state index contributed by atoms with van der Waals surface area (Å²) < 4.78 is 5.05. The number of hydrogen-bond donors (Lipinski definition) is 2. The third-order valence-electron chi connectivity index (χ3n) is 2.66. The summed E-state index contributed by atoms with van der Waals surface area (Å²) in [7, 11) is 0. The van der Waals surface area contributed by atoms with E-state index in [4.69, 9.17) is 10.3 Å². The highest BCUT2D eigenvalue weighted by Gasteiger charge is 2.20. The Labute approximate surface area is 95.4 Å². The molecule has 3 N–H and O–H groups in total. The third-order valence-corrected chi connectivity index (χ3v) is 2.66. The molecule has 16 heavy (non-hydrogen) atoms. The molecule has 0 aromatic carbocycles. The Morgan fingerprint density at radius 1 is 1.56 bits per heavy atom. The zero-order valence-electron chi connectivity index (χ0n) is 10.2. The normalized spacial score (nSPS) is 14.6. The lowest BCUT2D eigenvalue weighted by Gasteiger charge is -2.16. The number of amides is 1. The second-order valence-corrected chi connectivity index (χ2v) is 3.98. The predicted molar refractivity (Wildman–Crippen MR) is 60.8 cm³/mol. The average Bonchev–Trinajstić information content (AvgIpc) is 2.57. The molecule has 1 amide bonds. The Bertz CT molecular complexity index is 354. The number of nitrogens with one attached hydrogen (secondary N) is 1. The summed E-state index contributed by atoms with van der Waals surface area (Å²) in [6, 6.07) is -0.584. The van der Waals surface area contributed by atoms with E-state index in [1.54, 1.807) is 0 Å². The van der Waals surface area contributed by atoms with Gasteiger partial charge < -0.3 is 15.6 Å². The summed E-state index contributed by atoms with van der Waals surface area (Å²) in [6.07, 6.45) is 0.625. The maximum absolute atomic E-state index is 11.6. The van der Waals surface area contributed by atoms with Crippen LogP contribution in [0, 0.1) is 13.8 Å². The van der Waals surface area contributed by atoms with E-state index in [0.29, 0.717) is 6.42 Å². The van der Waals surface area contributed by atoms with E-state index in [1.807, 2.05) is 27.7 Å². The second kappa shape index (κ2) is 5.12. The predicted octanol–water partition coefficient (Wildman–Crippen LogP) is 1.21. The van der Waals surface area contributed by atoms with Crippen LogP contribution in [0.1, 0.15) is 43.3 Å². The molecule has 1 aromatic heterocycles. The van der Waals surface area contributed by atoms with E-state index in [-0.39, 0.29) is 11.9 Å². The second-order valence-electron chi connectivity index (χ2n) is 3.98. The van der Waals surface area contributed by atoms with E-state index >= 15 is 0 Å². The van der Waals surface area contributed by atoms with Gasteiger partial charge in [-0.1, -0.05) is 12.1 Å². The molecule has 0 fully saturated rings. The van der Waals surface area contributed by atoms with Crippen molar-refractivity contribution in [2.24, 2.45) is 5.73 Å². The summed E-state index contributed by atoms with van der Waals surface area (Å²) >= 11 is 0. The fourth-order valence-corrected chi connectivity index (χ4v) is 1.69. The molecule has 0 spiro atoms. The molecular formula is C11H19N3O2. The minimum absolute atomic E-state index is 0.128. The van der Waals surface area contributed by atoms with Crippen molar-refractivity contribution in [2.75, 3.05) is 0 Å². The van der Waals surface area contributed by atoms with E-state index in [2.05, 4.69) is 10.5 Å². The molecule has 90 valence electrons. The molecule has 0 aliphatic rings. The molecule has 1 aromatic rings. The van der Waals surface area contributed by atoms with Crippen molar-refractivity contribution in [3.63, 3.8) is 0 Å². The highest BCUT2D eigenvalue weighted by atomic mass is 16.5. The molecule has 1 unspecified atom stereocenters. The zero-order valence-corrected chi connectivity index (χ0v) is 10.2. The van der Waals surface area contributed by atoms with Crippen molar-refractivity contribution in [1.29, 1.82) is 0 Å². The van der Waals surface area contributed by atoms with Gasteiger partial charge in [-0.15, -0.1) is 0 Å². The van der Waals surface area contributed by atoms with Crippen LogP contribution in [0.25, 0.3) is 0 Å². The first kappa shape index (κ1) is 12.7. The Kier molecular flexibility index (Phi) is 4.06. The van der Waals surface area contributed by atoms with Gasteiger partial charge >= 0.3 is 0 Å². The number of rotatable bonds is 4. The Balaban J connectivity index is 2.73. The summed E-state index contributed by atoms with van der Waals surface area (Å²) in [6.45, 7) is 7.46. The maximum atomic E-state index is 11.6. The fraction of sp³-hybridized carbons (Fsp3) is 0.636. The van der Waals surface area contributed by atoms with Crippen LogP contribution in [0.2, 0.25) is 0 Å². The van der Waals surface area contributed by atoms with Crippen molar-refractivity contribution in [3.8, 4) is 0 Å². The Hall–Kier alpha value is -1.36. The average molecular weight is 225 g/mol. The first-order valence-corrected chi connectivity index (χ1v) is 5.46. The van der Waals surface area contributed by atoms with Crippen LogP contribution in [0.15, 0.2) is 4.52 Å². The third kappa shape index (κ3) is 2.61. The number of carbonyl (C=O) groups excluding carboxylic acids is 1. The van der Waals surface area contributed by atoms with Crippen LogP contribution >= 0.6 is 0 Å². The Morgan fingerprint density at radius 2 is 2.19 bits per heavy atom. The standard InChI is InChI=1S/C11H19N3O2/c1-5-9(12)11(15)13-6(2)10-7(3)14-16-8(10)4/h6,9H,5,12H2,1-4H3,(H,13,15)/t6?,9-/m1/s1. The van der Waals surface area contributed by atoms with Gasteiger partial charge in [0.2, 0.25) is 5.91 Å². The topological polar surface area (TPSA) is 81.2 Å². The van der Waals surface area contributed by atoms with Gasteiger partial charge in [0.15, 0.2) is 0 Å². The largest absolute Gasteiger partial charge is 0.361 e. The van der Waals surface area contributed by atoms with Gasteiger partial charge in [-0.3, -0.25) is 4.79 Å². The lowest BCUT2D eigenvalue weighted by Crippen LogP contribution is -2.41. The number of carbonyl (C=O) groups is 1. The molecule has 0 bridgehead atoms. The van der Waals surface area contributed by atoms with Crippen molar-refractivity contribution in [3.05, 3.63) is 17.0 Å². The minimum Gasteiger partial charge on any atom is -0.361 e. The zero-order chi connectivity index (χ0) is 12.3. The molecule has 0 aliphatic heterocycles. The first-order chi connectivity index (χ1) is 7.47. The van der Waals surface area contributed by atoms with Crippen LogP contribution in [0.3, 0.4) is 0 Å². The Morgan fingerprint density at radius 3 is 2.62 bits per heavy atom. The van der Waals surface area contributed by atoms with Crippen molar-refractivity contribution in [1.82, 2.24) is 10.5 Å². The smallest absolute Gasteiger partial charge is 0.237 e. The van der Waals surface area contributed by atoms with Gasteiger partial charge in [0.1, 0.15) is 5.76 Å². The number of aryl methyl sites for hydroxylation is 2. The number of aromatic nitrogens is 1. The van der Waals surface area contributed by atoms with Gasteiger partial charge in [0.05, 0.1) is 17.8 Å². The lowest BCUT2D eigenvalue weighted by atomic mass is 10.1.